The summed E-state index contributed by atoms with van der Waals surface area (Å²) >= 11 is 0. The van der Waals surface area contributed by atoms with Gasteiger partial charge in [0.25, 0.3) is 0 Å². The second-order valence-electron chi connectivity index (χ2n) is 5.40. The van der Waals surface area contributed by atoms with E-state index < -0.39 is 0 Å². The number of nitrogens with one attached hydrogen (secondary N) is 2. The first-order chi connectivity index (χ1) is 11.2. The molecule has 7 heteroatoms. The Labute approximate surface area is 132 Å². The summed E-state index contributed by atoms with van der Waals surface area (Å²) in [4.78, 5) is 8.68. The van der Waals surface area contributed by atoms with Crippen LogP contribution in [0.5, 0.6) is 0 Å². The number of aromatic nitrogens is 4. The summed E-state index contributed by atoms with van der Waals surface area (Å²) in [6.07, 6.45) is 4.17. The van der Waals surface area contributed by atoms with E-state index in [1.54, 1.807) is 23.1 Å². The van der Waals surface area contributed by atoms with E-state index in [-0.39, 0.29) is 5.82 Å². The van der Waals surface area contributed by atoms with Crippen LogP contribution in [0.2, 0.25) is 0 Å². The number of hydrogen-bond acceptors (Lipinski definition) is 5. The molecular weight excluding hydrogens is 295 g/mol. The van der Waals surface area contributed by atoms with E-state index in [1.165, 1.54) is 6.07 Å². The largest absolute Gasteiger partial charge is 0.382 e. The van der Waals surface area contributed by atoms with E-state index in [1.807, 2.05) is 19.2 Å². The molecule has 1 aliphatic heterocycles. The minimum atomic E-state index is -0.241. The van der Waals surface area contributed by atoms with Crippen molar-refractivity contribution < 1.29 is 4.39 Å². The van der Waals surface area contributed by atoms with Crippen molar-refractivity contribution in [2.24, 2.45) is 7.05 Å². The van der Waals surface area contributed by atoms with Crippen molar-refractivity contribution in [3.63, 3.8) is 0 Å². The second kappa shape index (κ2) is 5.35. The molecule has 23 heavy (non-hydrogen) atoms. The zero-order valence-corrected chi connectivity index (χ0v) is 12.5. The van der Waals surface area contributed by atoms with Crippen molar-refractivity contribution >= 4 is 17.5 Å². The van der Waals surface area contributed by atoms with E-state index >= 15 is 0 Å². The molecule has 2 N–H and O–H groups in total. The summed E-state index contributed by atoms with van der Waals surface area (Å²) in [6, 6.07) is 7.09. The summed E-state index contributed by atoms with van der Waals surface area (Å²) in [6.45, 7) is 0.771. The van der Waals surface area contributed by atoms with Crippen molar-refractivity contribution in [3.8, 4) is 11.3 Å². The summed E-state index contributed by atoms with van der Waals surface area (Å²) < 4.78 is 15.9. The highest BCUT2D eigenvalue weighted by Crippen LogP contribution is 2.31. The summed E-state index contributed by atoms with van der Waals surface area (Å²) in [5, 5.41) is 10.3. The minimum Gasteiger partial charge on any atom is -0.382 e. The number of rotatable bonds is 3. The normalized spacial score (nSPS) is 12.8. The first kappa shape index (κ1) is 13.7. The van der Waals surface area contributed by atoms with Crippen LogP contribution in [0.1, 0.15) is 5.56 Å². The lowest BCUT2D eigenvalue weighted by atomic mass is 10.1. The maximum Gasteiger partial charge on any atom is 0.228 e. The lowest BCUT2D eigenvalue weighted by molar-refractivity contribution is 0.632. The van der Waals surface area contributed by atoms with E-state index in [2.05, 4.69) is 25.7 Å². The fraction of sp³-hybridized carbons (Fsp3) is 0.188. The van der Waals surface area contributed by atoms with Crippen LogP contribution < -0.4 is 10.6 Å². The molecule has 0 saturated carbocycles. The predicted octanol–water partition coefficient (Wildman–Crippen LogP) is 2.73. The zero-order chi connectivity index (χ0) is 15.8. The standard InChI is InChI=1S/C16H15FN6/c1-23-14(4-7-20-23)22-16-19-6-3-13(21-16)11-8-10-2-5-18-15(10)12(17)9-11/h3-4,6-9,18H,2,5H2,1H3,(H,19,21,22). The Morgan fingerprint density at radius 3 is 3.00 bits per heavy atom. The van der Waals surface area contributed by atoms with E-state index in [0.29, 0.717) is 17.3 Å². The number of hydrogen-bond donors (Lipinski definition) is 2. The van der Waals surface area contributed by atoms with Crippen molar-refractivity contribution in [1.29, 1.82) is 0 Å². The number of benzene rings is 1. The second-order valence-corrected chi connectivity index (χ2v) is 5.40. The maximum absolute atomic E-state index is 14.2. The molecule has 0 amide bonds. The van der Waals surface area contributed by atoms with Gasteiger partial charge in [-0.3, -0.25) is 4.68 Å². The van der Waals surface area contributed by atoms with Crippen LogP contribution in [-0.2, 0) is 13.5 Å². The van der Waals surface area contributed by atoms with Crippen molar-refractivity contribution in [1.82, 2.24) is 19.7 Å². The van der Waals surface area contributed by atoms with Gasteiger partial charge in [0.2, 0.25) is 5.95 Å². The molecule has 1 aliphatic rings. The Morgan fingerprint density at radius 2 is 2.17 bits per heavy atom. The fourth-order valence-corrected chi connectivity index (χ4v) is 2.72. The van der Waals surface area contributed by atoms with Gasteiger partial charge in [-0.25, -0.2) is 14.4 Å². The van der Waals surface area contributed by atoms with Gasteiger partial charge in [0.05, 0.1) is 17.6 Å². The summed E-state index contributed by atoms with van der Waals surface area (Å²) in [5.41, 5.74) is 3.02. The van der Waals surface area contributed by atoms with Gasteiger partial charge in [0.15, 0.2) is 0 Å². The molecule has 3 heterocycles. The Bertz CT molecular complexity index is 873. The molecule has 0 atom stereocenters. The van der Waals surface area contributed by atoms with Gasteiger partial charge in [-0.1, -0.05) is 0 Å². The molecule has 0 spiro atoms. The number of aryl methyl sites for hydroxylation is 1. The van der Waals surface area contributed by atoms with Crippen molar-refractivity contribution in [2.45, 2.75) is 6.42 Å². The molecule has 4 rings (SSSR count). The first-order valence-corrected chi connectivity index (χ1v) is 7.35. The molecule has 0 fully saturated rings. The Balaban J connectivity index is 1.69. The summed E-state index contributed by atoms with van der Waals surface area (Å²) in [5.74, 6) is 0.992. The molecule has 6 nitrogen and oxygen atoms in total. The van der Waals surface area contributed by atoms with Gasteiger partial charge in [-0.05, 0) is 30.2 Å². The number of anilines is 3. The number of fused-ring (bicyclic) bond motifs is 1. The van der Waals surface area contributed by atoms with Crippen LogP contribution in [0.25, 0.3) is 11.3 Å². The van der Waals surface area contributed by atoms with Crippen LogP contribution in [0, 0.1) is 5.82 Å². The lowest BCUT2D eigenvalue weighted by Gasteiger charge is -2.08. The third-order valence-corrected chi connectivity index (χ3v) is 3.88. The zero-order valence-electron chi connectivity index (χ0n) is 12.5. The number of halogens is 1. The van der Waals surface area contributed by atoms with Gasteiger partial charge in [0, 0.05) is 31.4 Å². The van der Waals surface area contributed by atoms with Gasteiger partial charge >= 0.3 is 0 Å². The average molecular weight is 310 g/mol. The molecule has 0 bridgehead atoms. The van der Waals surface area contributed by atoms with Gasteiger partial charge in [0.1, 0.15) is 11.6 Å². The highest BCUT2D eigenvalue weighted by atomic mass is 19.1. The molecule has 1 aromatic carbocycles. The van der Waals surface area contributed by atoms with Crippen molar-refractivity contribution in [3.05, 3.63) is 48.0 Å². The fourth-order valence-electron chi connectivity index (χ4n) is 2.72. The molecule has 0 aliphatic carbocycles. The Hall–Kier alpha value is -2.96. The quantitative estimate of drug-likeness (QED) is 0.778. The SMILES string of the molecule is Cn1nccc1Nc1nccc(-c2cc(F)c3c(c2)CCN3)n1. The van der Waals surface area contributed by atoms with Gasteiger partial charge < -0.3 is 10.6 Å². The molecule has 3 aromatic rings. The molecule has 2 aromatic heterocycles. The van der Waals surface area contributed by atoms with Crippen molar-refractivity contribution in [2.75, 3.05) is 17.2 Å². The maximum atomic E-state index is 14.2. The van der Waals surface area contributed by atoms with E-state index in [0.717, 1.165) is 29.9 Å². The highest BCUT2D eigenvalue weighted by Gasteiger charge is 2.17. The summed E-state index contributed by atoms with van der Waals surface area (Å²) in [7, 11) is 1.83. The molecule has 0 radical (unpaired) electrons. The van der Waals surface area contributed by atoms with E-state index in [9.17, 15) is 4.39 Å². The van der Waals surface area contributed by atoms with Gasteiger partial charge in [-0.15, -0.1) is 0 Å². The van der Waals surface area contributed by atoms with E-state index in [4.69, 9.17) is 0 Å². The number of nitrogens with zero attached hydrogens (tertiary/aromatic N) is 4. The lowest BCUT2D eigenvalue weighted by Crippen LogP contribution is -2.03. The molecule has 116 valence electrons. The van der Waals surface area contributed by atoms with Crippen LogP contribution in [0.3, 0.4) is 0 Å². The molecule has 0 unspecified atom stereocenters. The average Bonchev–Trinajstić information content (AvgIpc) is 3.17. The third-order valence-electron chi connectivity index (χ3n) is 3.88. The minimum absolute atomic E-state index is 0.241. The van der Waals surface area contributed by atoms with Crippen LogP contribution >= 0.6 is 0 Å². The Morgan fingerprint density at radius 1 is 1.26 bits per heavy atom. The topological polar surface area (TPSA) is 67.7 Å². The Kier molecular flexibility index (Phi) is 3.18. The van der Waals surface area contributed by atoms with Crippen LogP contribution in [0.15, 0.2) is 36.7 Å². The van der Waals surface area contributed by atoms with Crippen LogP contribution in [0.4, 0.5) is 21.8 Å². The highest BCUT2D eigenvalue weighted by molar-refractivity contribution is 5.69. The third kappa shape index (κ3) is 2.50. The van der Waals surface area contributed by atoms with Crippen LogP contribution in [-0.4, -0.2) is 26.3 Å². The smallest absolute Gasteiger partial charge is 0.228 e. The molecular formula is C16H15FN6. The molecule has 0 saturated heterocycles. The first-order valence-electron chi connectivity index (χ1n) is 7.35. The predicted molar refractivity (Wildman–Crippen MR) is 86.1 cm³/mol. The monoisotopic (exact) mass is 310 g/mol. The van der Waals surface area contributed by atoms with Gasteiger partial charge in [-0.2, -0.15) is 5.10 Å².